The van der Waals surface area contributed by atoms with Gasteiger partial charge in [-0.2, -0.15) is 0 Å². The third-order valence-corrected chi connectivity index (χ3v) is 2.59. The van der Waals surface area contributed by atoms with Crippen LogP contribution in [-0.2, 0) is 6.42 Å². The molecule has 1 aromatic heterocycles. The van der Waals surface area contributed by atoms with E-state index in [-0.39, 0.29) is 5.82 Å². The van der Waals surface area contributed by atoms with Crippen LogP contribution in [0.15, 0.2) is 42.6 Å². The Kier molecular flexibility index (Phi) is 4.12. The second-order valence-corrected chi connectivity index (χ2v) is 3.84. The van der Waals surface area contributed by atoms with E-state index < -0.39 is 0 Å². The molecule has 0 fully saturated rings. The van der Waals surface area contributed by atoms with Crippen molar-refractivity contribution in [1.82, 2.24) is 4.98 Å². The highest BCUT2D eigenvalue weighted by Crippen LogP contribution is 2.24. The molecule has 4 heteroatoms. The van der Waals surface area contributed by atoms with Crippen LogP contribution in [-0.4, -0.2) is 18.6 Å². The number of anilines is 1. The fraction of sp³-hybridized carbons (Fsp3) is 0.214. The molecule has 2 aromatic rings. The summed E-state index contributed by atoms with van der Waals surface area (Å²) in [5, 5.41) is 3.21. The van der Waals surface area contributed by atoms with E-state index >= 15 is 0 Å². The van der Waals surface area contributed by atoms with E-state index in [1.807, 2.05) is 18.2 Å². The Labute approximate surface area is 106 Å². The SMILES string of the molecule is COc1cc(F)ccc1NCCc1ccccn1. The number of halogens is 1. The number of nitrogens with zero attached hydrogens (tertiary/aromatic N) is 1. The summed E-state index contributed by atoms with van der Waals surface area (Å²) in [7, 11) is 1.53. The number of pyridine rings is 1. The van der Waals surface area contributed by atoms with Crippen molar-refractivity contribution in [3.8, 4) is 5.75 Å². The Morgan fingerprint density at radius 2 is 2.17 bits per heavy atom. The molecule has 94 valence electrons. The van der Waals surface area contributed by atoms with Crippen LogP contribution in [0, 0.1) is 5.82 Å². The van der Waals surface area contributed by atoms with Crippen LogP contribution >= 0.6 is 0 Å². The van der Waals surface area contributed by atoms with Gasteiger partial charge in [0.25, 0.3) is 0 Å². The number of aromatic nitrogens is 1. The lowest BCUT2D eigenvalue weighted by atomic mass is 10.2. The fourth-order valence-electron chi connectivity index (χ4n) is 1.68. The van der Waals surface area contributed by atoms with Gasteiger partial charge in [0.2, 0.25) is 0 Å². The maximum Gasteiger partial charge on any atom is 0.144 e. The van der Waals surface area contributed by atoms with E-state index in [1.54, 1.807) is 12.3 Å². The third-order valence-electron chi connectivity index (χ3n) is 2.59. The maximum absolute atomic E-state index is 13.0. The van der Waals surface area contributed by atoms with Gasteiger partial charge in [0.05, 0.1) is 12.8 Å². The van der Waals surface area contributed by atoms with E-state index in [1.165, 1.54) is 19.2 Å². The molecule has 0 bridgehead atoms. The molecule has 1 heterocycles. The van der Waals surface area contributed by atoms with Crippen LogP contribution in [0.2, 0.25) is 0 Å². The standard InChI is InChI=1S/C14H15FN2O/c1-18-14-10-11(15)5-6-13(14)17-9-7-12-4-2-3-8-16-12/h2-6,8,10,17H,7,9H2,1H3. The summed E-state index contributed by atoms with van der Waals surface area (Å²) >= 11 is 0. The average Bonchev–Trinajstić information content (AvgIpc) is 2.41. The molecule has 1 N–H and O–H groups in total. The molecule has 0 saturated carbocycles. The minimum absolute atomic E-state index is 0.304. The normalized spacial score (nSPS) is 10.1. The highest BCUT2D eigenvalue weighted by atomic mass is 19.1. The van der Waals surface area contributed by atoms with Crippen molar-refractivity contribution in [2.75, 3.05) is 19.0 Å². The Hall–Kier alpha value is -2.10. The number of hydrogen-bond donors (Lipinski definition) is 1. The predicted molar refractivity (Wildman–Crippen MR) is 69.4 cm³/mol. The maximum atomic E-state index is 13.0. The van der Waals surface area contributed by atoms with Gasteiger partial charge in [0.1, 0.15) is 11.6 Å². The van der Waals surface area contributed by atoms with Crippen LogP contribution in [0.4, 0.5) is 10.1 Å². The van der Waals surface area contributed by atoms with Crippen molar-refractivity contribution in [2.45, 2.75) is 6.42 Å². The van der Waals surface area contributed by atoms with Gasteiger partial charge in [0.15, 0.2) is 0 Å². The molecule has 0 amide bonds. The molecule has 0 atom stereocenters. The quantitative estimate of drug-likeness (QED) is 0.880. The number of benzene rings is 1. The molecule has 0 aliphatic rings. The summed E-state index contributed by atoms with van der Waals surface area (Å²) in [5.74, 6) is 0.207. The summed E-state index contributed by atoms with van der Waals surface area (Å²) < 4.78 is 18.1. The molecule has 0 saturated heterocycles. The predicted octanol–water partition coefficient (Wildman–Crippen LogP) is 2.88. The Morgan fingerprint density at radius 3 is 2.89 bits per heavy atom. The lowest BCUT2D eigenvalue weighted by Crippen LogP contribution is -2.07. The smallest absolute Gasteiger partial charge is 0.144 e. The summed E-state index contributed by atoms with van der Waals surface area (Å²) in [6, 6.07) is 10.3. The van der Waals surface area contributed by atoms with Crippen molar-refractivity contribution < 1.29 is 9.13 Å². The van der Waals surface area contributed by atoms with Gasteiger partial charge in [-0.25, -0.2) is 4.39 Å². The second kappa shape index (κ2) is 6.00. The molecule has 0 spiro atoms. The summed E-state index contributed by atoms with van der Waals surface area (Å²) in [5.41, 5.74) is 1.81. The van der Waals surface area contributed by atoms with Crippen molar-refractivity contribution in [2.24, 2.45) is 0 Å². The minimum atomic E-state index is -0.304. The average molecular weight is 246 g/mol. The first-order chi connectivity index (χ1) is 8.79. The molecule has 0 aliphatic heterocycles. The van der Waals surface area contributed by atoms with Crippen molar-refractivity contribution in [1.29, 1.82) is 0 Å². The van der Waals surface area contributed by atoms with Crippen LogP contribution in [0.3, 0.4) is 0 Å². The van der Waals surface area contributed by atoms with Crippen molar-refractivity contribution in [3.63, 3.8) is 0 Å². The van der Waals surface area contributed by atoms with E-state index in [2.05, 4.69) is 10.3 Å². The number of ether oxygens (including phenoxy) is 1. The molecular formula is C14H15FN2O. The molecule has 2 rings (SSSR count). The fourth-order valence-corrected chi connectivity index (χ4v) is 1.68. The van der Waals surface area contributed by atoms with Gasteiger partial charge in [-0.05, 0) is 24.3 Å². The topological polar surface area (TPSA) is 34.1 Å². The molecule has 0 radical (unpaired) electrons. The molecule has 18 heavy (non-hydrogen) atoms. The Morgan fingerprint density at radius 1 is 1.28 bits per heavy atom. The summed E-state index contributed by atoms with van der Waals surface area (Å²) in [4.78, 5) is 4.24. The lowest BCUT2D eigenvalue weighted by molar-refractivity contribution is 0.413. The highest BCUT2D eigenvalue weighted by Gasteiger charge is 2.03. The van der Waals surface area contributed by atoms with E-state index in [9.17, 15) is 4.39 Å². The second-order valence-electron chi connectivity index (χ2n) is 3.84. The van der Waals surface area contributed by atoms with Gasteiger partial charge >= 0.3 is 0 Å². The van der Waals surface area contributed by atoms with Crippen molar-refractivity contribution in [3.05, 3.63) is 54.1 Å². The van der Waals surface area contributed by atoms with E-state index in [4.69, 9.17) is 4.74 Å². The first kappa shape index (κ1) is 12.4. The monoisotopic (exact) mass is 246 g/mol. The van der Waals surface area contributed by atoms with Crippen molar-refractivity contribution >= 4 is 5.69 Å². The van der Waals surface area contributed by atoms with Gasteiger partial charge in [-0.3, -0.25) is 4.98 Å². The van der Waals surface area contributed by atoms with Gasteiger partial charge < -0.3 is 10.1 Å². The van der Waals surface area contributed by atoms with Crippen LogP contribution in [0.25, 0.3) is 0 Å². The zero-order valence-electron chi connectivity index (χ0n) is 10.2. The van der Waals surface area contributed by atoms with E-state index in [0.717, 1.165) is 24.3 Å². The molecular weight excluding hydrogens is 231 g/mol. The summed E-state index contributed by atoms with van der Waals surface area (Å²) in [6.45, 7) is 0.721. The number of nitrogens with one attached hydrogen (secondary N) is 1. The molecule has 0 unspecified atom stereocenters. The van der Waals surface area contributed by atoms with Gasteiger partial charge in [-0.15, -0.1) is 0 Å². The zero-order chi connectivity index (χ0) is 12.8. The Bertz CT molecular complexity index is 502. The lowest BCUT2D eigenvalue weighted by Gasteiger charge is -2.10. The third kappa shape index (κ3) is 3.20. The van der Waals surface area contributed by atoms with Crippen LogP contribution < -0.4 is 10.1 Å². The number of methoxy groups -OCH3 is 1. The first-order valence-corrected chi connectivity index (χ1v) is 5.77. The highest BCUT2D eigenvalue weighted by molar-refractivity contribution is 5.56. The molecule has 1 aromatic carbocycles. The first-order valence-electron chi connectivity index (χ1n) is 5.77. The minimum Gasteiger partial charge on any atom is -0.494 e. The van der Waals surface area contributed by atoms with Gasteiger partial charge in [0, 0.05) is 30.9 Å². The summed E-state index contributed by atoms with van der Waals surface area (Å²) in [6.07, 6.45) is 2.58. The molecule has 0 aliphatic carbocycles. The van der Waals surface area contributed by atoms with Crippen LogP contribution in [0.1, 0.15) is 5.69 Å². The van der Waals surface area contributed by atoms with Gasteiger partial charge in [-0.1, -0.05) is 6.07 Å². The van der Waals surface area contributed by atoms with Crippen LogP contribution in [0.5, 0.6) is 5.75 Å². The Balaban J connectivity index is 1.94. The zero-order valence-corrected chi connectivity index (χ0v) is 10.2. The molecule has 3 nitrogen and oxygen atoms in total. The number of rotatable bonds is 5. The van der Waals surface area contributed by atoms with E-state index in [0.29, 0.717) is 5.75 Å². The number of hydrogen-bond acceptors (Lipinski definition) is 3. The largest absolute Gasteiger partial charge is 0.494 e.